The van der Waals surface area contributed by atoms with Gasteiger partial charge < -0.3 is 10.1 Å². The zero-order valence-corrected chi connectivity index (χ0v) is 13.2. The predicted octanol–water partition coefficient (Wildman–Crippen LogP) is 4.30. The lowest BCUT2D eigenvalue weighted by molar-refractivity contribution is 0.400. The largest absolute Gasteiger partial charge is 0.435 e. The average molecular weight is 358 g/mol. The number of hydrogen-bond donors (Lipinski definition) is 1. The quantitative estimate of drug-likeness (QED) is 0.810. The molecule has 1 aromatic carbocycles. The maximum Gasteiger partial charge on any atom is 0.227 e. The smallest absolute Gasteiger partial charge is 0.227 e. The number of benzene rings is 1. The van der Waals surface area contributed by atoms with E-state index in [-0.39, 0.29) is 11.6 Å². The van der Waals surface area contributed by atoms with Gasteiger partial charge in [-0.1, -0.05) is 29.3 Å². The van der Waals surface area contributed by atoms with Crippen LogP contribution < -0.4 is 10.1 Å². The molecule has 1 heterocycles. The van der Waals surface area contributed by atoms with Crippen LogP contribution in [-0.2, 0) is 6.42 Å². The highest BCUT2D eigenvalue weighted by atomic mass is 79.9. The van der Waals surface area contributed by atoms with E-state index >= 15 is 0 Å². The summed E-state index contributed by atoms with van der Waals surface area (Å²) in [5.41, 5.74) is 0.724. The van der Waals surface area contributed by atoms with Crippen molar-refractivity contribution in [1.82, 2.24) is 9.97 Å². The fraction of sp³-hybridized carbons (Fsp3) is 0.286. The van der Waals surface area contributed by atoms with Crippen LogP contribution in [0.2, 0.25) is 0 Å². The summed E-state index contributed by atoms with van der Waals surface area (Å²) < 4.78 is 33.0. The maximum atomic E-state index is 13.8. The summed E-state index contributed by atoms with van der Waals surface area (Å²) in [4.78, 5) is 8.12. The molecule has 0 atom stereocenters. The molecule has 112 valence electrons. The lowest BCUT2D eigenvalue weighted by Gasteiger charge is -2.13. The molecule has 0 fully saturated rings. The Kier molecular flexibility index (Phi) is 5.06. The molecule has 0 saturated carbocycles. The van der Waals surface area contributed by atoms with Crippen molar-refractivity contribution in [3.63, 3.8) is 0 Å². The summed E-state index contributed by atoms with van der Waals surface area (Å²) in [6.45, 7) is 2.00. The summed E-state index contributed by atoms with van der Waals surface area (Å²) in [6, 6.07) is 2.39. The summed E-state index contributed by atoms with van der Waals surface area (Å²) in [5.74, 6) is -1.44. The highest BCUT2D eigenvalue weighted by molar-refractivity contribution is 9.10. The van der Waals surface area contributed by atoms with Crippen molar-refractivity contribution in [2.24, 2.45) is 0 Å². The second-order valence-electron chi connectivity index (χ2n) is 4.31. The van der Waals surface area contributed by atoms with E-state index < -0.39 is 11.6 Å². The minimum absolute atomic E-state index is 0.215. The molecule has 0 radical (unpaired) electrons. The van der Waals surface area contributed by atoms with Gasteiger partial charge in [0, 0.05) is 11.5 Å². The SMILES string of the molecule is CCCc1c(NC)ncnc1Oc1cc(Br)cc(F)c1F. The van der Waals surface area contributed by atoms with E-state index in [1.54, 1.807) is 7.05 Å². The van der Waals surface area contributed by atoms with Crippen LogP contribution in [-0.4, -0.2) is 17.0 Å². The molecular formula is C14H14BrF2N3O. The van der Waals surface area contributed by atoms with Gasteiger partial charge in [0.15, 0.2) is 11.6 Å². The van der Waals surface area contributed by atoms with Gasteiger partial charge in [0.05, 0.1) is 5.56 Å². The van der Waals surface area contributed by atoms with Crippen LogP contribution in [0.15, 0.2) is 22.9 Å². The zero-order chi connectivity index (χ0) is 15.4. The average Bonchev–Trinajstić information content (AvgIpc) is 2.46. The van der Waals surface area contributed by atoms with Crippen molar-refractivity contribution in [1.29, 1.82) is 0 Å². The normalized spacial score (nSPS) is 10.5. The highest BCUT2D eigenvalue weighted by Gasteiger charge is 2.17. The molecule has 4 nitrogen and oxygen atoms in total. The molecule has 1 aromatic heterocycles. The van der Waals surface area contributed by atoms with E-state index in [0.29, 0.717) is 16.7 Å². The van der Waals surface area contributed by atoms with Gasteiger partial charge in [0.25, 0.3) is 0 Å². The molecule has 0 spiro atoms. The Morgan fingerprint density at radius 3 is 2.71 bits per heavy atom. The first-order chi connectivity index (χ1) is 10.1. The molecule has 2 rings (SSSR count). The summed E-state index contributed by atoms with van der Waals surface area (Å²) >= 11 is 3.11. The summed E-state index contributed by atoms with van der Waals surface area (Å²) in [5, 5.41) is 2.94. The number of rotatable bonds is 5. The maximum absolute atomic E-state index is 13.8. The first-order valence-electron chi connectivity index (χ1n) is 6.40. The van der Waals surface area contributed by atoms with Crippen molar-refractivity contribution in [3.05, 3.63) is 40.1 Å². The van der Waals surface area contributed by atoms with Crippen LogP contribution in [0.1, 0.15) is 18.9 Å². The second kappa shape index (κ2) is 6.80. The van der Waals surface area contributed by atoms with Crippen molar-refractivity contribution in [3.8, 4) is 11.6 Å². The zero-order valence-electron chi connectivity index (χ0n) is 11.6. The molecule has 0 aliphatic carbocycles. The molecule has 7 heteroatoms. The number of nitrogens with zero attached hydrogens (tertiary/aromatic N) is 2. The predicted molar refractivity (Wildman–Crippen MR) is 79.7 cm³/mol. The third-order valence-corrected chi connectivity index (χ3v) is 3.27. The molecule has 0 saturated heterocycles. The third kappa shape index (κ3) is 3.47. The molecule has 0 amide bonds. The van der Waals surface area contributed by atoms with Gasteiger partial charge in [-0.3, -0.25) is 0 Å². The molecule has 1 N–H and O–H groups in total. The van der Waals surface area contributed by atoms with Gasteiger partial charge >= 0.3 is 0 Å². The number of ether oxygens (including phenoxy) is 1. The van der Waals surface area contributed by atoms with Gasteiger partial charge in [-0.25, -0.2) is 14.4 Å². The molecular weight excluding hydrogens is 344 g/mol. The fourth-order valence-corrected chi connectivity index (χ4v) is 2.29. The van der Waals surface area contributed by atoms with Crippen LogP contribution in [0.3, 0.4) is 0 Å². The van der Waals surface area contributed by atoms with Crippen LogP contribution in [0.25, 0.3) is 0 Å². The fourth-order valence-electron chi connectivity index (χ4n) is 1.89. The van der Waals surface area contributed by atoms with E-state index in [2.05, 4.69) is 31.2 Å². The lowest BCUT2D eigenvalue weighted by atomic mass is 10.1. The van der Waals surface area contributed by atoms with Crippen molar-refractivity contribution in [2.75, 3.05) is 12.4 Å². The Morgan fingerprint density at radius 2 is 2.05 bits per heavy atom. The molecule has 21 heavy (non-hydrogen) atoms. The number of halogens is 3. The Labute approximate surface area is 129 Å². The van der Waals surface area contributed by atoms with Gasteiger partial charge in [-0.2, -0.15) is 4.39 Å². The van der Waals surface area contributed by atoms with Gasteiger partial charge in [-0.15, -0.1) is 0 Å². The second-order valence-corrected chi connectivity index (χ2v) is 5.22. The molecule has 2 aromatic rings. The van der Waals surface area contributed by atoms with Crippen LogP contribution in [0.4, 0.5) is 14.6 Å². The highest BCUT2D eigenvalue weighted by Crippen LogP contribution is 2.32. The van der Waals surface area contributed by atoms with Crippen LogP contribution >= 0.6 is 15.9 Å². The Morgan fingerprint density at radius 1 is 1.29 bits per heavy atom. The van der Waals surface area contributed by atoms with Crippen LogP contribution in [0, 0.1) is 11.6 Å². The first kappa shape index (κ1) is 15.6. The van der Waals surface area contributed by atoms with Gasteiger partial charge in [-0.05, 0) is 18.6 Å². The standard InChI is InChI=1S/C14H14BrF2N3O/c1-3-4-9-13(18-2)19-7-20-14(9)21-11-6-8(15)5-10(16)12(11)17/h5-7H,3-4H2,1-2H3,(H,18,19,20). The summed E-state index contributed by atoms with van der Waals surface area (Å²) in [6.07, 6.45) is 2.81. The minimum atomic E-state index is -1.05. The van der Waals surface area contributed by atoms with E-state index in [1.165, 1.54) is 12.4 Å². The van der Waals surface area contributed by atoms with Crippen LogP contribution in [0.5, 0.6) is 11.6 Å². The lowest BCUT2D eigenvalue weighted by Crippen LogP contribution is -2.04. The van der Waals surface area contributed by atoms with E-state index in [1.807, 2.05) is 6.92 Å². The van der Waals surface area contributed by atoms with Crippen molar-refractivity contribution < 1.29 is 13.5 Å². The van der Waals surface area contributed by atoms with E-state index in [0.717, 1.165) is 18.1 Å². The molecule has 0 aliphatic rings. The van der Waals surface area contributed by atoms with Crippen molar-refractivity contribution >= 4 is 21.7 Å². The van der Waals surface area contributed by atoms with Gasteiger partial charge in [0.1, 0.15) is 12.1 Å². The van der Waals surface area contributed by atoms with E-state index in [4.69, 9.17) is 4.74 Å². The molecule has 0 bridgehead atoms. The number of aromatic nitrogens is 2. The Balaban J connectivity index is 2.44. The molecule has 0 aliphatic heterocycles. The number of nitrogens with one attached hydrogen (secondary N) is 1. The third-order valence-electron chi connectivity index (χ3n) is 2.81. The Bertz CT molecular complexity index is 652. The number of hydrogen-bond acceptors (Lipinski definition) is 4. The molecule has 0 unspecified atom stereocenters. The Hall–Kier alpha value is -1.76. The summed E-state index contributed by atoms with van der Waals surface area (Å²) in [7, 11) is 1.73. The monoisotopic (exact) mass is 357 g/mol. The first-order valence-corrected chi connectivity index (χ1v) is 7.20. The topological polar surface area (TPSA) is 47.0 Å². The van der Waals surface area contributed by atoms with Gasteiger partial charge in [0.2, 0.25) is 11.7 Å². The number of anilines is 1. The van der Waals surface area contributed by atoms with E-state index in [9.17, 15) is 8.78 Å². The van der Waals surface area contributed by atoms with Crippen molar-refractivity contribution in [2.45, 2.75) is 19.8 Å². The minimum Gasteiger partial charge on any atom is -0.435 e.